The molecule has 192 valence electrons. The summed E-state index contributed by atoms with van der Waals surface area (Å²) in [5.74, 6) is -1.09. The van der Waals surface area contributed by atoms with Crippen LogP contribution in [0.25, 0.3) is 23.0 Å². The van der Waals surface area contributed by atoms with Gasteiger partial charge in [0, 0.05) is 29.8 Å². The quantitative estimate of drug-likeness (QED) is 0.268. The molecule has 0 saturated heterocycles. The molecule has 38 heavy (non-hydrogen) atoms. The van der Waals surface area contributed by atoms with Crippen molar-refractivity contribution in [1.29, 1.82) is 5.26 Å². The van der Waals surface area contributed by atoms with Gasteiger partial charge in [0.05, 0.1) is 25.0 Å². The minimum atomic E-state index is -0.717. The monoisotopic (exact) mass is 510 g/mol. The first-order chi connectivity index (χ1) is 18.2. The Morgan fingerprint density at radius 3 is 2.47 bits per heavy atom. The number of carbonyl (C=O) groups excluding carboxylic acids is 3. The van der Waals surface area contributed by atoms with Crippen molar-refractivity contribution in [2.24, 2.45) is 0 Å². The van der Waals surface area contributed by atoms with Gasteiger partial charge in [-0.05, 0) is 61.4 Å². The van der Waals surface area contributed by atoms with E-state index in [-0.39, 0.29) is 29.9 Å². The molecule has 2 aromatic carbocycles. The van der Waals surface area contributed by atoms with E-state index in [0.29, 0.717) is 11.3 Å². The Kier molecular flexibility index (Phi) is 7.53. The lowest BCUT2D eigenvalue weighted by atomic mass is 9.93. The van der Waals surface area contributed by atoms with Gasteiger partial charge in [0.2, 0.25) is 0 Å². The lowest BCUT2D eigenvalue weighted by molar-refractivity contribution is -0.147. The molecular weight excluding hydrogens is 484 g/mol. The van der Waals surface area contributed by atoms with Crippen LogP contribution in [0.1, 0.15) is 25.0 Å². The van der Waals surface area contributed by atoms with Crippen molar-refractivity contribution >= 4 is 23.9 Å². The molecule has 4 rings (SSSR count). The van der Waals surface area contributed by atoms with Gasteiger partial charge in [0.25, 0.3) is 11.8 Å². The molecule has 9 nitrogen and oxygen atoms in total. The molecule has 0 fully saturated rings. The number of esters is 1. The van der Waals surface area contributed by atoms with Gasteiger partial charge in [-0.1, -0.05) is 18.2 Å². The van der Waals surface area contributed by atoms with Crippen LogP contribution < -0.4 is 4.74 Å². The Labute approximate surface area is 220 Å². The number of aromatic nitrogens is 2. The van der Waals surface area contributed by atoms with Crippen molar-refractivity contribution in [3.63, 3.8) is 0 Å². The number of nitrogens with zero attached hydrogens (tertiary/aromatic N) is 4. The highest BCUT2D eigenvalue weighted by molar-refractivity contribution is 6.19. The molecule has 0 saturated carbocycles. The van der Waals surface area contributed by atoms with Gasteiger partial charge in [-0.3, -0.25) is 19.3 Å². The molecule has 2 heterocycles. The summed E-state index contributed by atoms with van der Waals surface area (Å²) >= 11 is 0. The number of carbonyl (C=O) groups is 3. The number of rotatable bonds is 7. The molecule has 1 aliphatic heterocycles. The SMILES string of the molecule is COc1ccc(-c2nn(-c3ccccc3)cc2/C=C2/C(=O)N(CCOC(C)=O)C(=O)C(C#N)=C2C)cc1C. The third-order valence-electron chi connectivity index (χ3n) is 6.18. The van der Waals surface area contributed by atoms with Gasteiger partial charge in [-0.15, -0.1) is 0 Å². The average Bonchev–Trinajstić information content (AvgIpc) is 3.33. The lowest BCUT2D eigenvalue weighted by Crippen LogP contribution is -2.44. The van der Waals surface area contributed by atoms with E-state index in [9.17, 15) is 19.6 Å². The highest BCUT2D eigenvalue weighted by atomic mass is 16.5. The lowest BCUT2D eigenvalue weighted by Gasteiger charge is -2.27. The predicted molar refractivity (Wildman–Crippen MR) is 140 cm³/mol. The molecule has 0 unspecified atom stereocenters. The second kappa shape index (κ2) is 11.0. The molecule has 0 atom stereocenters. The van der Waals surface area contributed by atoms with Crippen LogP contribution in [0.15, 0.2) is 71.4 Å². The molecule has 0 bridgehead atoms. The third kappa shape index (κ3) is 5.11. The number of para-hydroxylation sites is 1. The molecule has 0 spiro atoms. The van der Waals surface area contributed by atoms with Crippen LogP contribution >= 0.6 is 0 Å². The predicted octanol–water partition coefficient (Wildman–Crippen LogP) is 4.01. The van der Waals surface area contributed by atoms with Crippen LogP contribution in [0, 0.1) is 18.3 Å². The number of methoxy groups -OCH3 is 1. The molecule has 0 radical (unpaired) electrons. The summed E-state index contributed by atoms with van der Waals surface area (Å²) in [6.45, 7) is 4.41. The zero-order chi connectivity index (χ0) is 27.4. The first-order valence-corrected chi connectivity index (χ1v) is 11.9. The molecule has 2 amide bonds. The molecule has 0 N–H and O–H groups in total. The summed E-state index contributed by atoms with van der Waals surface area (Å²) in [7, 11) is 1.60. The molecule has 0 aliphatic carbocycles. The Morgan fingerprint density at radius 2 is 1.84 bits per heavy atom. The summed E-state index contributed by atoms with van der Waals surface area (Å²) in [6, 6.07) is 17.1. The van der Waals surface area contributed by atoms with Crippen LogP contribution in [0.2, 0.25) is 0 Å². The fraction of sp³-hybridized carbons (Fsp3) is 0.207. The van der Waals surface area contributed by atoms with Gasteiger partial charge in [-0.25, -0.2) is 4.68 Å². The number of aryl methyl sites for hydroxylation is 1. The standard InChI is InChI=1S/C29H26N4O5/c1-18-14-21(10-11-26(18)37-4)27-22(17-33(31-27)23-8-6-5-7-9-23)15-24-19(2)25(16-30)29(36)32(28(24)35)12-13-38-20(3)34/h5-11,14-15,17H,12-13H2,1-4H3/b24-15+. The topological polar surface area (TPSA) is 115 Å². The summed E-state index contributed by atoms with van der Waals surface area (Å²) in [4.78, 5) is 38.4. The minimum Gasteiger partial charge on any atom is -0.496 e. The van der Waals surface area contributed by atoms with Gasteiger partial charge in [-0.2, -0.15) is 10.4 Å². The van der Waals surface area contributed by atoms with Crippen molar-refractivity contribution in [2.75, 3.05) is 20.3 Å². The Morgan fingerprint density at radius 1 is 1.11 bits per heavy atom. The number of ether oxygens (including phenoxy) is 2. The minimum absolute atomic E-state index is 0.143. The van der Waals surface area contributed by atoms with E-state index in [4.69, 9.17) is 14.6 Å². The molecule has 3 aromatic rings. The van der Waals surface area contributed by atoms with E-state index in [2.05, 4.69) is 0 Å². The van der Waals surface area contributed by atoms with Crippen LogP contribution in [-0.2, 0) is 19.1 Å². The fourth-order valence-corrected chi connectivity index (χ4v) is 4.22. The van der Waals surface area contributed by atoms with Crippen LogP contribution in [0.4, 0.5) is 0 Å². The van der Waals surface area contributed by atoms with Crippen molar-refractivity contribution in [2.45, 2.75) is 20.8 Å². The Bertz CT molecular complexity index is 1530. The Balaban J connectivity index is 1.86. The number of hydrogen-bond acceptors (Lipinski definition) is 7. The molecule has 9 heteroatoms. The summed E-state index contributed by atoms with van der Waals surface area (Å²) in [5.41, 5.74) is 4.08. The maximum absolute atomic E-state index is 13.5. The summed E-state index contributed by atoms with van der Waals surface area (Å²) in [6.07, 6.45) is 3.44. The first kappa shape index (κ1) is 26.1. The number of nitriles is 1. The van der Waals surface area contributed by atoms with E-state index in [0.717, 1.165) is 27.5 Å². The van der Waals surface area contributed by atoms with Crippen molar-refractivity contribution in [3.05, 3.63) is 82.6 Å². The van der Waals surface area contributed by atoms with E-state index in [1.165, 1.54) is 6.92 Å². The molecule has 1 aliphatic rings. The fourth-order valence-electron chi connectivity index (χ4n) is 4.22. The zero-order valence-electron chi connectivity index (χ0n) is 21.5. The van der Waals surface area contributed by atoms with Crippen molar-refractivity contribution < 1.29 is 23.9 Å². The highest BCUT2D eigenvalue weighted by Crippen LogP contribution is 2.32. The van der Waals surface area contributed by atoms with Gasteiger partial charge >= 0.3 is 5.97 Å². The van der Waals surface area contributed by atoms with Crippen molar-refractivity contribution in [3.8, 4) is 28.8 Å². The van der Waals surface area contributed by atoms with E-state index >= 15 is 0 Å². The summed E-state index contributed by atoms with van der Waals surface area (Å²) < 4.78 is 12.0. The Hall–Kier alpha value is -4.97. The van der Waals surface area contributed by atoms with E-state index in [1.54, 1.807) is 31.0 Å². The van der Waals surface area contributed by atoms with Crippen LogP contribution in [0.3, 0.4) is 0 Å². The third-order valence-corrected chi connectivity index (χ3v) is 6.18. The van der Waals surface area contributed by atoms with Gasteiger partial charge in [0.1, 0.15) is 24.0 Å². The largest absolute Gasteiger partial charge is 0.496 e. The normalized spacial score (nSPS) is 14.6. The second-order valence-corrected chi connectivity index (χ2v) is 8.67. The maximum atomic E-state index is 13.5. The summed E-state index contributed by atoms with van der Waals surface area (Å²) in [5, 5.41) is 14.5. The zero-order valence-corrected chi connectivity index (χ0v) is 21.5. The number of benzene rings is 2. The molecule has 1 aromatic heterocycles. The molecular formula is C29H26N4O5. The number of amides is 2. The van der Waals surface area contributed by atoms with E-state index < -0.39 is 17.8 Å². The number of hydrogen-bond donors (Lipinski definition) is 0. The van der Waals surface area contributed by atoms with Crippen molar-refractivity contribution in [1.82, 2.24) is 14.7 Å². The maximum Gasteiger partial charge on any atom is 0.302 e. The first-order valence-electron chi connectivity index (χ1n) is 11.9. The smallest absolute Gasteiger partial charge is 0.302 e. The van der Waals surface area contributed by atoms with Crippen LogP contribution in [-0.4, -0.2) is 52.7 Å². The van der Waals surface area contributed by atoms with Gasteiger partial charge < -0.3 is 9.47 Å². The number of imide groups is 1. The van der Waals surface area contributed by atoms with Crippen LogP contribution in [0.5, 0.6) is 5.75 Å². The second-order valence-electron chi connectivity index (χ2n) is 8.67. The van der Waals surface area contributed by atoms with E-state index in [1.807, 2.05) is 61.5 Å². The van der Waals surface area contributed by atoms with Gasteiger partial charge in [0.15, 0.2) is 0 Å². The highest BCUT2D eigenvalue weighted by Gasteiger charge is 2.35. The average molecular weight is 511 g/mol.